The summed E-state index contributed by atoms with van der Waals surface area (Å²) in [6.07, 6.45) is -0.711. The van der Waals surface area contributed by atoms with Gasteiger partial charge in [0, 0.05) is 6.07 Å². The lowest BCUT2D eigenvalue weighted by molar-refractivity contribution is 0.0635. The van der Waals surface area contributed by atoms with Gasteiger partial charge in [0.05, 0.1) is 5.69 Å². The first-order valence-corrected chi connectivity index (χ1v) is 7.30. The van der Waals surface area contributed by atoms with E-state index < -0.39 is 17.5 Å². The molecule has 0 heterocycles. The quantitative estimate of drug-likeness (QED) is 0.885. The van der Waals surface area contributed by atoms with Crippen LogP contribution in [0.3, 0.4) is 0 Å². The summed E-state index contributed by atoms with van der Waals surface area (Å²) >= 11 is 0. The number of amides is 1. The van der Waals surface area contributed by atoms with E-state index >= 15 is 0 Å². The van der Waals surface area contributed by atoms with Crippen LogP contribution in [0.2, 0.25) is 0 Å². The van der Waals surface area contributed by atoms with E-state index in [9.17, 15) is 9.18 Å². The number of hydrogen-bond acceptors (Lipinski definition) is 3. The number of anilines is 1. The third-order valence-electron chi connectivity index (χ3n) is 2.82. The van der Waals surface area contributed by atoms with Crippen LogP contribution in [0.1, 0.15) is 26.3 Å². The third kappa shape index (κ3) is 5.62. The average Bonchev–Trinajstić information content (AvgIpc) is 2.47. The van der Waals surface area contributed by atoms with Crippen molar-refractivity contribution in [1.29, 1.82) is 0 Å². The van der Waals surface area contributed by atoms with Gasteiger partial charge in [-0.2, -0.15) is 0 Å². The molecule has 1 N–H and O–H groups in total. The lowest BCUT2D eigenvalue weighted by Crippen LogP contribution is -2.27. The summed E-state index contributed by atoms with van der Waals surface area (Å²) < 4.78 is 24.5. The molecule has 122 valence electrons. The number of ether oxygens (including phenoxy) is 2. The Balaban J connectivity index is 2.02. The molecule has 0 aliphatic heterocycles. The molecule has 1 amide bonds. The zero-order valence-corrected chi connectivity index (χ0v) is 13.4. The maximum absolute atomic E-state index is 13.8. The lowest BCUT2D eigenvalue weighted by atomic mass is 10.2. The van der Waals surface area contributed by atoms with E-state index in [2.05, 4.69) is 5.32 Å². The van der Waals surface area contributed by atoms with Gasteiger partial charge in [-0.05, 0) is 38.5 Å². The molecule has 0 bridgehead atoms. The Labute approximate surface area is 135 Å². The molecule has 0 fully saturated rings. The molecule has 4 nitrogen and oxygen atoms in total. The van der Waals surface area contributed by atoms with Crippen molar-refractivity contribution in [2.45, 2.75) is 33.0 Å². The maximum Gasteiger partial charge on any atom is 0.412 e. The molecule has 2 aromatic rings. The van der Waals surface area contributed by atoms with Crippen molar-refractivity contribution in [2.75, 3.05) is 5.32 Å². The van der Waals surface area contributed by atoms with Crippen molar-refractivity contribution in [3.05, 3.63) is 59.9 Å². The maximum atomic E-state index is 13.8. The Kier molecular flexibility index (Phi) is 5.21. The van der Waals surface area contributed by atoms with Crippen LogP contribution in [-0.4, -0.2) is 11.7 Å². The van der Waals surface area contributed by atoms with Crippen LogP contribution in [0.15, 0.2) is 48.5 Å². The van der Waals surface area contributed by atoms with E-state index in [4.69, 9.17) is 9.47 Å². The van der Waals surface area contributed by atoms with Crippen LogP contribution >= 0.6 is 0 Å². The van der Waals surface area contributed by atoms with E-state index in [1.165, 1.54) is 18.2 Å². The van der Waals surface area contributed by atoms with Gasteiger partial charge in [-0.3, -0.25) is 5.32 Å². The SMILES string of the molecule is CC(C)(C)OC(=O)Nc1cc(OCc2ccccc2)ccc1F. The molecular formula is C18H20FNO3. The molecule has 0 radical (unpaired) electrons. The number of nitrogens with one attached hydrogen (secondary N) is 1. The van der Waals surface area contributed by atoms with Gasteiger partial charge < -0.3 is 9.47 Å². The van der Waals surface area contributed by atoms with Crippen LogP contribution in [0.25, 0.3) is 0 Å². The number of carbonyl (C=O) groups excluding carboxylic acids is 1. The molecule has 0 aliphatic rings. The van der Waals surface area contributed by atoms with Crippen molar-refractivity contribution in [3.8, 4) is 5.75 Å². The van der Waals surface area contributed by atoms with Crippen molar-refractivity contribution in [2.24, 2.45) is 0 Å². The Morgan fingerprint density at radius 1 is 1.13 bits per heavy atom. The van der Waals surface area contributed by atoms with Gasteiger partial charge in [0.25, 0.3) is 0 Å². The minimum Gasteiger partial charge on any atom is -0.489 e. The Bertz CT molecular complexity index is 666. The normalized spacial score (nSPS) is 11.0. The largest absolute Gasteiger partial charge is 0.489 e. The summed E-state index contributed by atoms with van der Waals surface area (Å²) in [6.45, 7) is 5.57. The summed E-state index contributed by atoms with van der Waals surface area (Å²) in [7, 11) is 0. The topological polar surface area (TPSA) is 47.6 Å². The molecule has 0 aliphatic carbocycles. The van der Waals surface area contributed by atoms with Gasteiger partial charge in [-0.25, -0.2) is 9.18 Å². The molecule has 0 saturated heterocycles. The molecular weight excluding hydrogens is 297 g/mol. The van der Waals surface area contributed by atoms with E-state index in [0.29, 0.717) is 12.4 Å². The number of carbonyl (C=O) groups is 1. The van der Waals surface area contributed by atoms with Crippen LogP contribution in [0.5, 0.6) is 5.75 Å². The fourth-order valence-electron chi connectivity index (χ4n) is 1.84. The van der Waals surface area contributed by atoms with E-state index in [-0.39, 0.29) is 5.69 Å². The number of hydrogen-bond donors (Lipinski definition) is 1. The van der Waals surface area contributed by atoms with Crippen molar-refractivity contribution in [1.82, 2.24) is 0 Å². The van der Waals surface area contributed by atoms with Gasteiger partial charge in [0.15, 0.2) is 0 Å². The van der Waals surface area contributed by atoms with Gasteiger partial charge in [-0.1, -0.05) is 30.3 Å². The molecule has 0 saturated carbocycles. The monoisotopic (exact) mass is 317 g/mol. The summed E-state index contributed by atoms with van der Waals surface area (Å²) in [5, 5.41) is 2.39. The highest BCUT2D eigenvalue weighted by Crippen LogP contribution is 2.23. The first-order chi connectivity index (χ1) is 10.8. The zero-order chi connectivity index (χ0) is 16.9. The van der Waals surface area contributed by atoms with Gasteiger partial charge in [0.2, 0.25) is 0 Å². The van der Waals surface area contributed by atoms with Gasteiger partial charge in [-0.15, -0.1) is 0 Å². The number of benzene rings is 2. The Morgan fingerprint density at radius 3 is 2.48 bits per heavy atom. The molecule has 23 heavy (non-hydrogen) atoms. The van der Waals surface area contributed by atoms with Crippen LogP contribution < -0.4 is 10.1 Å². The Morgan fingerprint density at radius 2 is 1.83 bits per heavy atom. The number of rotatable bonds is 4. The fourth-order valence-corrected chi connectivity index (χ4v) is 1.84. The molecule has 0 unspecified atom stereocenters. The summed E-state index contributed by atoms with van der Waals surface area (Å²) in [5.74, 6) is -0.0933. The molecule has 0 spiro atoms. The molecule has 0 aromatic heterocycles. The van der Waals surface area contributed by atoms with E-state index in [0.717, 1.165) is 5.56 Å². The zero-order valence-electron chi connectivity index (χ0n) is 13.4. The molecule has 2 aromatic carbocycles. The molecule has 2 rings (SSSR count). The van der Waals surface area contributed by atoms with Gasteiger partial charge >= 0.3 is 6.09 Å². The fraction of sp³-hybridized carbons (Fsp3) is 0.278. The standard InChI is InChI=1S/C18H20FNO3/c1-18(2,3)23-17(21)20-16-11-14(9-10-15(16)19)22-12-13-7-5-4-6-8-13/h4-11H,12H2,1-3H3,(H,20,21). The highest BCUT2D eigenvalue weighted by molar-refractivity contribution is 5.85. The van der Waals surface area contributed by atoms with E-state index in [1.807, 2.05) is 30.3 Å². The van der Waals surface area contributed by atoms with Crippen LogP contribution in [0.4, 0.5) is 14.9 Å². The predicted molar refractivity (Wildman–Crippen MR) is 87.0 cm³/mol. The first-order valence-electron chi connectivity index (χ1n) is 7.30. The smallest absolute Gasteiger partial charge is 0.412 e. The van der Waals surface area contributed by atoms with Crippen LogP contribution in [-0.2, 0) is 11.3 Å². The summed E-state index contributed by atoms with van der Waals surface area (Å²) in [5.41, 5.74) is 0.366. The van der Waals surface area contributed by atoms with E-state index in [1.54, 1.807) is 20.8 Å². The second kappa shape index (κ2) is 7.13. The van der Waals surface area contributed by atoms with Crippen molar-refractivity contribution in [3.63, 3.8) is 0 Å². The highest BCUT2D eigenvalue weighted by atomic mass is 19.1. The lowest BCUT2D eigenvalue weighted by Gasteiger charge is -2.20. The highest BCUT2D eigenvalue weighted by Gasteiger charge is 2.17. The van der Waals surface area contributed by atoms with Crippen molar-refractivity contribution < 1.29 is 18.7 Å². The summed E-state index contributed by atoms with van der Waals surface area (Å²) in [6, 6.07) is 13.8. The second-order valence-corrected chi connectivity index (χ2v) is 6.04. The third-order valence-corrected chi connectivity index (χ3v) is 2.82. The van der Waals surface area contributed by atoms with Gasteiger partial charge in [0.1, 0.15) is 23.8 Å². The molecule has 0 atom stereocenters. The average molecular weight is 317 g/mol. The number of halogens is 1. The molecule has 5 heteroatoms. The summed E-state index contributed by atoms with van der Waals surface area (Å²) in [4.78, 5) is 11.7. The second-order valence-electron chi connectivity index (χ2n) is 6.04. The minimum atomic E-state index is -0.711. The first kappa shape index (κ1) is 16.8. The predicted octanol–water partition coefficient (Wildman–Crippen LogP) is 4.75. The van der Waals surface area contributed by atoms with Crippen molar-refractivity contribution >= 4 is 11.8 Å². The Hall–Kier alpha value is -2.56. The van der Waals surface area contributed by atoms with Crippen LogP contribution in [0, 0.1) is 5.82 Å². The minimum absolute atomic E-state index is 0.0183.